The summed E-state index contributed by atoms with van der Waals surface area (Å²) in [6, 6.07) is 0. The van der Waals surface area contributed by atoms with Gasteiger partial charge in [-0.2, -0.15) is 0 Å². The molecule has 1 amide bonds. The molecule has 1 aliphatic rings. The molecule has 7 nitrogen and oxygen atoms in total. The van der Waals surface area contributed by atoms with E-state index >= 15 is 0 Å². The van der Waals surface area contributed by atoms with Gasteiger partial charge < -0.3 is 15.8 Å². The topological polar surface area (TPSA) is 95.1 Å². The number of aryl methyl sites for hydroxylation is 3. The second kappa shape index (κ2) is 9.29. The highest BCUT2D eigenvalue weighted by molar-refractivity contribution is 5.86. The van der Waals surface area contributed by atoms with Gasteiger partial charge in [0, 0.05) is 25.7 Å². The molecule has 3 rings (SSSR count). The Morgan fingerprint density at radius 1 is 1.36 bits per heavy atom. The van der Waals surface area contributed by atoms with Crippen molar-refractivity contribution in [1.29, 1.82) is 0 Å². The van der Waals surface area contributed by atoms with E-state index in [1.807, 2.05) is 27.8 Å². The van der Waals surface area contributed by atoms with Crippen molar-refractivity contribution in [2.24, 2.45) is 18.7 Å². The summed E-state index contributed by atoms with van der Waals surface area (Å²) in [6.45, 7) is 6.55. The van der Waals surface area contributed by atoms with Crippen LogP contribution < -0.4 is 15.8 Å². The van der Waals surface area contributed by atoms with Gasteiger partial charge >= 0.3 is 0 Å². The van der Waals surface area contributed by atoms with Gasteiger partial charge in [-0.1, -0.05) is 0 Å². The Morgan fingerprint density at radius 3 is 2.54 bits per heavy atom. The van der Waals surface area contributed by atoms with E-state index in [9.17, 15) is 4.79 Å². The Labute approximate surface area is 178 Å². The van der Waals surface area contributed by atoms with Crippen molar-refractivity contribution in [1.82, 2.24) is 20.1 Å². The number of nitrogens with one attached hydrogen (secondary N) is 1. The van der Waals surface area contributed by atoms with E-state index in [4.69, 9.17) is 10.5 Å². The van der Waals surface area contributed by atoms with Crippen LogP contribution in [0.4, 0.5) is 0 Å². The van der Waals surface area contributed by atoms with Gasteiger partial charge in [0.25, 0.3) is 0 Å². The van der Waals surface area contributed by atoms with Gasteiger partial charge in [-0.3, -0.25) is 4.79 Å². The average Bonchev–Trinajstić information content (AvgIpc) is 3.40. The van der Waals surface area contributed by atoms with Crippen LogP contribution in [0.2, 0.25) is 0 Å². The summed E-state index contributed by atoms with van der Waals surface area (Å²) in [5.41, 5.74) is 9.51. The Balaban J connectivity index is 0.00000196. The molecule has 158 valence electrons. The molecule has 0 spiro atoms. The molecule has 1 saturated carbocycles. The van der Waals surface area contributed by atoms with Crippen molar-refractivity contribution in [2.75, 3.05) is 13.7 Å². The van der Waals surface area contributed by atoms with Crippen molar-refractivity contribution in [2.45, 2.75) is 52.0 Å². The van der Waals surface area contributed by atoms with E-state index in [1.54, 1.807) is 11.8 Å². The Morgan fingerprint density at radius 2 is 2.00 bits per heavy atom. The highest BCUT2D eigenvalue weighted by Gasteiger charge is 2.41. The molecule has 2 heterocycles. The SMILES string of the molecule is COc1nn(C)c2nc(C)c(CCC(=O)NC(C)(CN)C3CC3)c(C)c12.Cl.Cl. The third kappa shape index (κ3) is 4.53. The summed E-state index contributed by atoms with van der Waals surface area (Å²) >= 11 is 0. The summed E-state index contributed by atoms with van der Waals surface area (Å²) in [4.78, 5) is 17.2. The lowest BCUT2D eigenvalue weighted by Crippen LogP contribution is -2.53. The normalized spacial score (nSPS) is 15.4. The number of fused-ring (bicyclic) bond motifs is 1. The Kier molecular flexibility index (Phi) is 8.11. The molecule has 1 unspecified atom stereocenters. The summed E-state index contributed by atoms with van der Waals surface area (Å²) in [7, 11) is 3.47. The number of aromatic nitrogens is 3. The van der Waals surface area contributed by atoms with Gasteiger partial charge in [0.2, 0.25) is 11.8 Å². The summed E-state index contributed by atoms with van der Waals surface area (Å²) in [6.07, 6.45) is 3.34. The van der Waals surface area contributed by atoms with E-state index in [0.717, 1.165) is 40.7 Å². The number of carbonyl (C=O) groups is 1. The minimum absolute atomic E-state index is 0. The van der Waals surface area contributed by atoms with Crippen molar-refractivity contribution in [3.63, 3.8) is 0 Å². The van der Waals surface area contributed by atoms with Crippen LogP contribution in [0.1, 0.15) is 43.0 Å². The maximum atomic E-state index is 12.5. The number of methoxy groups -OCH3 is 1. The largest absolute Gasteiger partial charge is 0.479 e. The fourth-order valence-electron chi connectivity index (χ4n) is 3.77. The highest BCUT2D eigenvalue weighted by Crippen LogP contribution is 2.39. The first-order valence-corrected chi connectivity index (χ1v) is 9.18. The first-order valence-electron chi connectivity index (χ1n) is 9.18. The number of rotatable bonds is 7. The zero-order valence-electron chi connectivity index (χ0n) is 17.2. The predicted molar refractivity (Wildman–Crippen MR) is 116 cm³/mol. The fourth-order valence-corrected chi connectivity index (χ4v) is 3.77. The number of nitrogens with zero attached hydrogens (tertiary/aromatic N) is 3. The van der Waals surface area contributed by atoms with Crippen LogP contribution in [-0.4, -0.2) is 39.9 Å². The Bertz CT molecular complexity index is 851. The zero-order chi connectivity index (χ0) is 19.1. The van der Waals surface area contributed by atoms with Crippen LogP contribution in [0.15, 0.2) is 0 Å². The maximum Gasteiger partial charge on any atom is 0.242 e. The van der Waals surface area contributed by atoms with Crippen LogP contribution in [0.5, 0.6) is 5.88 Å². The number of pyridine rings is 1. The predicted octanol–water partition coefficient (Wildman–Crippen LogP) is 2.61. The van der Waals surface area contributed by atoms with Crippen molar-refractivity contribution in [3.05, 3.63) is 16.8 Å². The summed E-state index contributed by atoms with van der Waals surface area (Å²) in [5, 5.41) is 8.44. The monoisotopic (exact) mass is 431 g/mol. The van der Waals surface area contributed by atoms with Crippen LogP contribution in [-0.2, 0) is 18.3 Å². The van der Waals surface area contributed by atoms with Gasteiger partial charge in [0.15, 0.2) is 5.65 Å². The van der Waals surface area contributed by atoms with Crippen LogP contribution in [0.3, 0.4) is 0 Å². The highest BCUT2D eigenvalue weighted by atomic mass is 35.5. The first-order chi connectivity index (χ1) is 12.3. The quantitative estimate of drug-likeness (QED) is 0.702. The molecule has 1 fully saturated rings. The van der Waals surface area contributed by atoms with Crippen molar-refractivity contribution in [3.8, 4) is 5.88 Å². The molecule has 0 saturated heterocycles. The zero-order valence-corrected chi connectivity index (χ0v) is 18.8. The van der Waals surface area contributed by atoms with Gasteiger partial charge in [-0.25, -0.2) is 9.67 Å². The molecule has 0 aromatic carbocycles. The lowest BCUT2D eigenvalue weighted by Gasteiger charge is -2.29. The summed E-state index contributed by atoms with van der Waals surface area (Å²) < 4.78 is 7.13. The van der Waals surface area contributed by atoms with E-state index in [1.165, 1.54) is 0 Å². The van der Waals surface area contributed by atoms with E-state index in [0.29, 0.717) is 31.2 Å². The molecule has 0 radical (unpaired) electrons. The van der Waals surface area contributed by atoms with Crippen LogP contribution in [0.25, 0.3) is 11.0 Å². The molecule has 0 aliphatic heterocycles. The van der Waals surface area contributed by atoms with Gasteiger partial charge in [-0.15, -0.1) is 29.9 Å². The number of carbonyl (C=O) groups excluding carboxylic acids is 1. The molecule has 9 heteroatoms. The number of amides is 1. The number of halogens is 2. The van der Waals surface area contributed by atoms with Crippen molar-refractivity contribution >= 4 is 41.8 Å². The average molecular weight is 432 g/mol. The second-order valence-corrected chi connectivity index (χ2v) is 7.58. The molecule has 2 aromatic rings. The second-order valence-electron chi connectivity index (χ2n) is 7.58. The number of hydrogen-bond donors (Lipinski definition) is 2. The first kappa shape index (κ1) is 24.5. The van der Waals surface area contributed by atoms with Crippen LogP contribution >= 0.6 is 24.8 Å². The lowest BCUT2D eigenvalue weighted by molar-refractivity contribution is -0.123. The molecular formula is C19H31Cl2N5O2. The molecule has 1 aliphatic carbocycles. The molecule has 28 heavy (non-hydrogen) atoms. The lowest BCUT2D eigenvalue weighted by atomic mass is 9.95. The molecule has 3 N–H and O–H groups in total. The van der Waals surface area contributed by atoms with Gasteiger partial charge in [0.05, 0.1) is 18.0 Å². The smallest absolute Gasteiger partial charge is 0.242 e. The molecular weight excluding hydrogens is 401 g/mol. The van der Waals surface area contributed by atoms with Crippen LogP contribution in [0, 0.1) is 19.8 Å². The molecule has 0 bridgehead atoms. The molecule has 1 atom stereocenters. The number of hydrogen-bond acceptors (Lipinski definition) is 5. The van der Waals surface area contributed by atoms with Crippen molar-refractivity contribution < 1.29 is 9.53 Å². The third-order valence-electron chi connectivity index (χ3n) is 5.65. The standard InChI is InChI=1S/C19H29N5O2.2ClH/c1-11-14(8-9-15(25)22-19(3,10-20)13-6-7-13)12(2)21-17-16(11)18(26-5)23-24(17)4;;/h13H,6-10,20H2,1-5H3,(H,22,25);2*1H. The molecule has 2 aromatic heterocycles. The Hall–Kier alpha value is -1.57. The maximum absolute atomic E-state index is 12.5. The minimum atomic E-state index is -0.282. The van der Waals surface area contributed by atoms with E-state index < -0.39 is 0 Å². The van der Waals surface area contributed by atoms with E-state index in [2.05, 4.69) is 15.4 Å². The third-order valence-corrected chi connectivity index (χ3v) is 5.65. The fraction of sp³-hybridized carbons (Fsp3) is 0.632. The van der Waals surface area contributed by atoms with Gasteiger partial charge in [0.1, 0.15) is 0 Å². The number of nitrogens with two attached hydrogens (primary N) is 1. The van der Waals surface area contributed by atoms with E-state index in [-0.39, 0.29) is 36.3 Å². The number of ether oxygens (including phenoxy) is 1. The minimum Gasteiger partial charge on any atom is -0.479 e. The summed E-state index contributed by atoms with van der Waals surface area (Å²) in [5.74, 6) is 1.13. The van der Waals surface area contributed by atoms with Gasteiger partial charge in [-0.05, 0) is 57.1 Å².